The Bertz CT molecular complexity index is 1110. The minimum atomic E-state index is -0.777. The summed E-state index contributed by atoms with van der Waals surface area (Å²) in [5.41, 5.74) is 1.32. The van der Waals surface area contributed by atoms with Crippen LogP contribution in [0.15, 0.2) is 71.0 Å². The van der Waals surface area contributed by atoms with Gasteiger partial charge in [-0.2, -0.15) is 0 Å². The second-order valence-electron chi connectivity index (χ2n) is 6.52. The summed E-state index contributed by atoms with van der Waals surface area (Å²) in [4.78, 5) is 38.3. The van der Waals surface area contributed by atoms with Gasteiger partial charge in [0.25, 0.3) is 11.8 Å². The highest BCUT2D eigenvalue weighted by Gasteiger charge is 2.36. The number of hydrogen-bond donors (Lipinski definition) is 1. The van der Waals surface area contributed by atoms with E-state index in [-0.39, 0.29) is 12.1 Å². The maximum Gasteiger partial charge on any atom is 0.331 e. The molecular formula is C22H19N3O5. The van der Waals surface area contributed by atoms with Crippen LogP contribution in [0.25, 0.3) is 11.8 Å². The smallest absolute Gasteiger partial charge is 0.331 e. The first-order valence-electron chi connectivity index (χ1n) is 9.38. The fourth-order valence-corrected chi connectivity index (χ4v) is 3.16. The van der Waals surface area contributed by atoms with Crippen LogP contribution >= 0.6 is 0 Å². The largest absolute Gasteiger partial charge is 0.494 e. The molecule has 1 aliphatic rings. The molecule has 3 heterocycles. The number of benzene rings is 1. The molecule has 4 rings (SSSR count). The highest BCUT2D eigenvalue weighted by Crippen LogP contribution is 2.21. The summed E-state index contributed by atoms with van der Waals surface area (Å²) in [5, 5.41) is 2.21. The van der Waals surface area contributed by atoms with Gasteiger partial charge in [0.15, 0.2) is 0 Å². The van der Waals surface area contributed by atoms with Gasteiger partial charge in [-0.25, -0.2) is 4.79 Å². The lowest BCUT2D eigenvalue weighted by Gasteiger charge is -2.25. The third-order valence-electron chi connectivity index (χ3n) is 4.58. The maximum atomic E-state index is 12.9. The Hall–Kier alpha value is -4.07. The summed E-state index contributed by atoms with van der Waals surface area (Å²) < 4.78 is 12.5. The van der Waals surface area contributed by atoms with Gasteiger partial charge in [0.2, 0.25) is 0 Å². The van der Waals surface area contributed by atoms with Gasteiger partial charge in [-0.1, -0.05) is 0 Å². The molecule has 1 N–H and O–H groups in total. The molecule has 0 atom stereocenters. The fraction of sp³-hybridized carbons (Fsp3) is 0.136. The molecule has 0 bridgehead atoms. The zero-order valence-corrected chi connectivity index (χ0v) is 16.2. The number of ether oxygens (including phenoxy) is 1. The lowest BCUT2D eigenvalue weighted by atomic mass is 10.1. The first kappa shape index (κ1) is 19.3. The van der Waals surface area contributed by atoms with Gasteiger partial charge in [-0.05, 0) is 61.5 Å². The quantitative estimate of drug-likeness (QED) is 0.502. The first-order valence-corrected chi connectivity index (χ1v) is 9.38. The number of carbonyl (C=O) groups excluding carboxylic acids is 3. The fourth-order valence-electron chi connectivity index (χ4n) is 3.16. The number of barbiturate groups is 1. The van der Waals surface area contributed by atoms with Crippen molar-refractivity contribution in [3.63, 3.8) is 0 Å². The van der Waals surface area contributed by atoms with Crippen LogP contribution in [0.5, 0.6) is 5.75 Å². The van der Waals surface area contributed by atoms with E-state index in [1.807, 2.05) is 42.0 Å². The number of hydrogen-bond acceptors (Lipinski definition) is 5. The zero-order chi connectivity index (χ0) is 21.1. The van der Waals surface area contributed by atoms with Gasteiger partial charge < -0.3 is 13.7 Å². The number of furan rings is 1. The molecule has 0 unspecified atom stereocenters. The minimum absolute atomic E-state index is 0.0673. The van der Waals surface area contributed by atoms with Crippen molar-refractivity contribution < 1.29 is 23.5 Å². The average molecular weight is 405 g/mol. The van der Waals surface area contributed by atoms with Crippen molar-refractivity contribution in [3.8, 4) is 11.4 Å². The minimum Gasteiger partial charge on any atom is -0.494 e. The molecule has 1 aliphatic heterocycles. The maximum absolute atomic E-state index is 12.9. The molecule has 152 valence electrons. The van der Waals surface area contributed by atoms with E-state index in [2.05, 4.69) is 5.32 Å². The predicted molar refractivity (Wildman–Crippen MR) is 108 cm³/mol. The van der Waals surface area contributed by atoms with E-state index in [4.69, 9.17) is 9.15 Å². The topological polar surface area (TPSA) is 93.8 Å². The number of urea groups is 1. The van der Waals surface area contributed by atoms with E-state index in [1.165, 1.54) is 12.3 Å². The van der Waals surface area contributed by atoms with Crippen LogP contribution in [0.2, 0.25) is 0 Å². The van der Waals surface area contributed by atoms with Crippen LogP contribution in [0.1, 0.15) is 18.4 Å². The Balaban J connectivity index is 1.64. The lowest BCUT2D eigenvalue weighted by Crippen LogP contribution is -2.53. The SMILES string of the molecule is CCOc1ccc(-n2cccc2C=C2C(=O)NC(=O)N(Cc3ccco3)C2=O)cc1. The summed E-state index contributed by atoms with van der Waals surface area (Å²) >= 11 is 0. The summed E-state index contributed by atoms with van der Waals surface area (Å²) in [6.45, 7) is 2.42. The van der Waals surface area contributed by atoms with Gasteiger partial charge in [-0.3, -0.25) is 19.8 Å². The second-order valence-corrected chi connectivity index (χ2v) is 6.52. The Kier molecular flexibility index (Phi) is 5.21. The summed E-state index contributed by atoms with van der Waals surface area (Å²) in [6.07, 6.45) is 4.74. The number of nitrogens with zero attached hydrogens (tertiary/aromatic N) is 2. The molecule has 0 radical (unpaired) electrons. The van der Waals surface area contributed by atoms with Crippen molar-refractivity contribution in [2.45, 2.75) is 13.5 Å². The Morgan fingerprint density at radius 1 is 1.07 bits per heavy atom. The van der Waals surface area contributed by atoms with Gasteiger partial charge in [0.05, 0.1) is 19.4 Å². The number of nitrogens with one attached hydrogen (secondary N) is 1. The van der Waals surface area contributed by atoms with E-state index in [0.717, 1.165) is 16.3 Å². The van der Waals surface area contributed by atoms with Crippen LogP contribution in [-0.4, -0.2) is 33.9 Å². The van der Waals surface area contributed by atoms with Crippen molar-refractivity contribution >= 4 is 23.9 Å². The number of rotatable bonds is 6. The molecule has 4 amide bonds. The summed E-state index contributed by atoms with van der Waals surface area (Å²) in [7, 11) is 0. The van der Waals surface area contributed by atoms with Crippen LogP contribution in [0.4, 0.5) is 4.79 Å². The Morgan fingerprint density at radius 3 is 2.57 bits per heavy atom. The molecule has 30 heavy (non-hydrogen) atoms. The molecule has 8 heteroatoms. The summed E-state index contributed by atoms with van der Waals surface area (Å²) in [5.74, 6) is -0.230. The molecule has 1 aromatic carbocycles. The monoisotopic (exact) mass is 405 g/mol. The Labute approximate surface area is 172 Å². The Morgan fingerprint density at radius 2 is 1.87 bits per heavy atom. The van der Waals surface area contributed by atoms with E-state index < -0.39 is 17.8 Å². The van der Waals surface area contributed by atoms with E-state index in [0.29, 0.717) is 18.1 Å². The standard InChI is InChI=1S/C22H19N3O5/c1-2-29-17-9-7-15(8-10-17)24-11-3-5-16(24)13-19-20(26)23-22(28)25(21(19)27)14-18-6-4-12-30-18/h3-13H,2,14H2,1H3,(H,23,26,28). The molecule has 0 aliphatic carbocycles. The molecule has 0 spiro atoms. The molecule has 3 aromatic rings. The third-order valence-corrected chi connectivity index (χ3v) is 4.58. The van der Waals surface area contributed by atoms with Crippen molar-refractivity contribution in [1.82, 2.24) is 14.8 Å². The zero-order valence-electron chi connectivity index (χ0n) is 16.2. The van der Waals surface area contributed by atoms with Crippen molar-refractivity contribution in [2.75, 3.05) is 6.61 Å². The molecule has 1 fully saturated rings. The van der Waals surface area contributed by atoms with E-state index in [9.17, 15) is 14.4 Å². The van der Waals surface area contributed by atoms with Crippen LogP contribution in [0.3, 0.4) is 0 Å². The molecule has 1 saturated heterocycles. The first-order chi connectivity index (χ1) is 14.6. The second kappa shape index (κ2) is 8.12. The summed E-state index contributed by atoms with van der Waals surface area (Å²) in [6, 6.07) is 13.6. The van der Waals surface area contributed by atoms with Crippen LogP contribution in [0, 0.1) is 0 Å². The number of amides is 4. The lowest BCUT2D eigenvalue weighted by molar-refractivity contribution is -0.130. The van der Waals surface area contributed by atoms with Crippen LogP contribution < -0.4 is 10.1 Å². The predicted octanol–water partition coefficient (Wildman–Crippen LogP) is 3.13. The van der Waals surface area contributed by atoms with E-state index in [1.54, 1.807) is 24.3 Å². The highest BCUT2D eigenvalue weighted by atomic mass is 16.5. The van der Waals surface area contributed by atoms with Gasteiger partial charge in [0.1, 0.15) is 17.1 Å². The van der Waals surface area contributed by atoms with E-state index >= 15 is 0 Å². The number of aromatic nitrogens is 1. The van der Waals surface area contributed by atoms with Crippen molar-refractivity contribution in [3.05, 3.63) is 78.0 Å². The molecule has 8 nitrogen and oxygen atoms in total. The molecule has 0 saturated carbocycles. The average Bonchev–Trinajstić information content (AvgIpc) is 3.41. The van der Waals surface area contributed by atoms with Gasteiger partial charge in [-0.15, -0.1) is 0 Å². The van der Waals surface area contributed by atoms with Crippen LogP contribution in [-0.2, 0) is 16.1 Å². The normalized spacial score (nSPS) is 15.6. The highest BCUT2D eigenvalue weighted by molar-refractivity contribution is 6.30. The van der Waals surface area contributed by atoms with Gasteiger partial charge in [0, 0.05) is 17.6 Å². The molecular weight excluding hydrogens is 386 g/mol. The van der Waals surface area contributed by atoms with Crippen molar-refractivity contribution in [2.24, 2.45) is 0 Å². The van der Waals surface area contributed by atoms with Gasteiger partial charge >= 0.3 is 6.03 Å². The van der Waals surface area contributed by atoms with Crippen molar-refractivity contribution in [1.29, 1.82) is 0 Å². The number of carbonyl (C=O) groups is 3. The molecule has 2 aromatic heterocycles. The number of imide groups is 2. The third kappa shape index (κ3) is 3.75.